The molecule has 5 rings (SSSR count). The molecule has 5 nitrogen and oxygen atoms in total. The summed E-state index contributed by atoms with van der Waals surface area (Å²) in [5.41, 5.74) is 1.85. The zero-order chi connectivity index (χ0) is 17.4. The molecule has 0 saturated carbocycles. The van der Waals surface area contributed by atoms with Gasteiger partial charge in [0.05, 0.1) is 10.4 Å². The largest absolute Gasteiger partial charge is 0.444 e. The van der Waals surface area contributed by atoms with Crippen molar-refractivity contribution < 1.29 is 18.3 Å². The Morgan fingerprint density at radius 1 is 1.23 bits per heavy atom. The number of carbonyl (C=O) groups excluding carboxylic acids is 1. The van der Waals surface area contributed by atoms with Crippen molar-refractivity contribution in [3.8, 4) is 10.4 Å². The number of fused-ring (bicyclic) bond motifs is 3. The second-order valence-corrected chi connectivity index (χ2v) is 7.25. The highest BCUT2D eigenvalue weighted by molar-refractivity contribution is 7.13. The van der Waals surface area contributed by atoms with E-state index in [1.54, 1.807) is 0 Å². The van der Waals surface area contributed by atoms with Crippen LogP contribution in [0.3, 0.4) is 0 Å². The van der Waals surface area contributed by atoms with Crippen LogP contribution >= 0.6 is 23.7 Å². The molecule has 3 fully saturated rings. The van der Waals surface area contributed by atoms with Gasteiger partial charge < -0.3 is 4.74 Å². The number of carbonyl (C=O) groups is 1. The van der Waals surface area contributed by atoms with Crippen molar-refractivity contribution in [1.82, 2.24) is 9.88 Å². The van der Waals surface area contributed by atoms with Crippen molar-refractivity contribution >= 4 is 35.7 Å². The highest BCUT2D eigenvalue weighted by Gasteiger charge is 2.36. The molecular formula is C17H18ClF2N3O2S. The van der Waals surface area contributed by atoms with Crippen LogP contribution in [0.5, 0.6) is 0 Å². The van der Waals surface area contributed by atoms with Crippen molar-refractivity contribution in [2.24, 2.45) is 5.92 Å². The summed E-state index contributed by atoms with van der Waals surface area (Å²) in [7, 11) is 0. The molecule has 1 amide bonds. The fourth-order valence-electron chi connectivity index (χ4n) is 3.53. The highest BCUT2D eigenvalue weighted by atomic mass is 35.5. The number of nitrogens with zero attached hydrogens (tertiary/aromatic N) is 2. The number of aromatic nitrogens is 1. The van der Waals surface area contributed by atoms with Crippen molar-refractivity contribution in [3.63, 3.8) is 0 Å². The summed E-state index contributed by atoms with van der Waals surface area (Å²) >= 11 is 1.20. The third kappa shape index (κ3) is 3.97. The minimum absolute atomic E-state index is 0. The number of halogens is 3. The molecule has 3 aliphatic rings. The summed E-state index contributed by atoms with van der Waals surface area (Å²) in [5.74, 6) is -0.697. The third-order valence-electron chi connectivity index (χ3n) is 4.77. The van der Waals surface area contributed by atoms with E-state index in [-0.39, 0.29) is 24.3 Å². The molecule has 1 aromatic heterocycles. The van der Waals surface area contributed by atoms with Gasteiger partial charge in [-0.1, -0.05) is 0 Å². The second-order valence-electron chi connectivity index (χ2n) is 6.40. The molecular weight excluding hydrogens is 384 g/mol. The fourth-order valence-corrected chi connectivity index (χ4v) is 4.27. The number of ether oxygens (including phenoxy) is 1. The zero-order valence-corrected chi connectivity index (χ0v) is 15.4. The molecule has 2 aromatic rings. The number of rotatable bonds is 3. The Morgan fingerprint density at radius 3 is 2.54 bits per heavy atom. The van der Waals surface area contributed by atoms with Gasteiger partial charge in [-0.3, -0.25) is 10.2 Å². The SMILES string of the molecule is Cl.O=C(Nc1ncsc1-c1cc(F)cc(F)c1)O[C@H]1CN2CCC1CC2. The van der Waals surface area contributed by atoms with E-state index in [0.717, 1.165) is 38.5 Å². The average molecular weight is 402 g/mol. The van der Waals surface area contributed by atoms with E-state index >= 15 is 0 Å². The Hall–Kier alpha value is -1.77. The van der Waals surface area contributed by atoms with Crippen LogP contribution in [0.2, 0.25) is 0 Å². The monoisotopic (exact) mass is 401 g/mol. The highest BCUT2D eigenvalue weighted by Crippen LogP contribution is 2.33. The lowest BCUT2D eigenvalue weighted by Crippen LogP contribution is -2.52. The summed E-state index contributed by atoms with van der Waals surface area (Å²) in [6.45, 7) is 2.89. The summed E-state index contributed by atoms with van der Waals surface area (Å²) in [5, 5.41) is 2.61. The summed E-state index contributed by atoms with van der Waals surface area (Å²) in [6.07, 6.45) is 1.39. The van der Waals surface area contributed by atoms with E-state index in [1.807, 2.05) is 0 Å². The minimum atomic E-state index is -0.677. The third-order valence-corrected chi connectivity index (χ3v) is 5.64. The number of nitrogens with one attached hydrogen (secondary N) is 1. The molecule has 3 aliphatic heterocycles. The van der Waals surface area contributed by atoms with Crippen molar-refractivity contribution in [3.05, 3.63) is 35.3 Å². The maximum absolute atomic E-state index is 13.4. The number of anilines is 1. The molecule has 0 aliphatic carbocycles. The van der Waals surface area contributed by atoms with Crippen LogP contribution in [0.4, 0.5) is 19.4 Å². The number of thiazole rings is 1. The smallest absolute Gasteiger partial charge is 0.413 e. The molecule has 3 saturated heterocycles. The Labute approximate surface area is 159 Å². The molecule has 1 aromatic carbocycles. The Morgan fingerprint density at radius 2 is 1.92 bits per heavy atom. The molecule has 9 heteroatoms. The molecule has 0 spiro atoms. The normalized spacial score (nSPS) is 24.0. The van der Waals surface area contributed by atoms with Crippen LogP contribution in [0.25, 0.3) is 10.4 Å². The first-order valence-corrected chi connectivity index (χ1v) is 9.06. The standard InChI is InChI=1S/C17H17F2N3O2S.ClH/c18-12-5-11(6-13(19)7-12)15-16(20-9-25-15)21-17(23)24-14-8-22-3-1-10(14)2-4-22;/h5-7,9-10,14H,1-4,8H2,(H,21,23);1H/t14-;/m0./s1. The van der Waals surface area contributed by atoms with Crippen LogP contribution in [-0.2, 0) is 4.74 Å². The molecule has 1 atom stereocenters. The second kappa shape index (κ2) is 7.85. The van der Waals surface area contributed by atoms with Gasteiger partial charge in [0.15, 0.2) is 5.82 Å². The lowest BCUT2D eigenvalue weighted by Gasteiger charge is -2.43. The fraction of sp³-hybridized carbons (Fsp3) is 0.412. The predicted octanol–water partition coefficient (Wildman–Crippen LogP) is 4.15. The Bertz CT molecular complexity index is 776. The maximum Gasteiger partial charge on any atom is 0.413 e. The molecule has 26 heavy (non-hydrogen) atoms. The quantitative estimate of drug-likeness (QED) is 0.839. The zero-order valence-electron chi connectivity index (χ0n) is 13.8. The number of hydrogen-bond acceptors (Lipinski definition) is 5. The van der Waals surface area contributed by atoms with Crippen molar-refractivity contribution in [2.75, 3.05) is 25.0 Å². The lowest BCUT2D eigenvalue weighted by molar-refractivity contribution is -0.0290. The lowest BCUT2D eigenvalue weighted by atomic mass is 9.86. The van der Waals surface area contributed by atoms with Gasteiger partial charge in [0, 0.05) is 18.2 Å². The van der Waals surface area contributed by atoms with Crippen LogP contribution in [-0.4, -0.2) is 41.7 Å². The van der Waals surface area contributed by atoms with Gasteiger partial charge in [-0.05, 0) is 44.0 Å². The van der Waals surface area contributed by atoms with Gasteiger partial charge in [0.25, 0.3) is 0 Å². The first-order chi connectivity index (χ1) is 12.1. The topological polar surface area (TPSA) is 54.5 Å². The number of hydrogen-bond donors (Lipinski definition) is 1. The van der Waals surface area contributed by atoms with E-state index in [4.69, 9.17) is 4.74 Å². The summed E-state index contributed by atoms with van der Waals surface area (Å²) in [6, 6.07) is 3.22. The first-order valence-electron chi connectivity index (χ1n) is 8.18. The Kier molecular flexibility index (Phi) is 5.74. The van der Waals surface area contributed by atoms with Gasteiger partial charge in [-0.2, -0.15) is 0 Å². The van der Waals surface area contributed by atoms with Crippen LogP contribution in [0, 0.1) is 17.6 Å². The number of piperidine rings is 3. The van der Waals surface area contributed by atoms with Gasteiger partial charge in [0.2, 0.25) is 0 Å². The molecule has 1 N–H and O–H groups in total. The van der Waals surface area contributed by atoms with Crippen LogP contribution in [0.1, 0.15) is 12.8 Å². The average Bonchev–Trinajstić information content (AvgIpc) is 3.03. The minimum Gasteiger partial charge on any atom is -0.444 e. The van der Waals surface area contributed by atoms with E-state index in [0.29, 0.717) is 16.4 Å². The molecule has 140 valence electrons. The van der Waals surface area contributed by atoms with Crippen LogP contribution < -0.4 is 5.32 Å². The van der Waals surface area contributed by atoms with E-state index in [9.17, 15) is 13.6 Å². The van der Waals surface area contributed by atoms with E-state index in [1.165, 1.54) is 29.0 Å². The number of benzene rings is 1. The predicted molar refractivity (Wildman–Crippen MR) is 97.8 cm³/mol. The van der Waals surface area contributed by atoms with Crippen molar-refractivity contribution in [2.45, 2.75) is 18.9 Å². The van der Waals surface area contributed by atoms with Gasteiger partial charge in [0.1, 0.15) is 17.7 Å². The molecule has 2 bridgehead atoms. The Balaban J connectivity index is 0.00000196. The van der Waals surface area contributed by atoms with Gasteiger partial charge in [-0.25, -0.2) is 18.6 Å². The summed E-state index contributed by atoms with van der Waals surface area (Å²) in [4.78, 5) is 19.1. The number of amides is 1. The maximum atomic E-state index is 13.4. The van der Waals surface area contributed by atoms with E-state index in [2.05, 4.69) is 15.2 Å². The molecule has 0 radical (unpaired) electrons. The summed E-state index contributed by atoms with van der Waals surface area (Å²) < 4.78 is 32.4. The first kappa shape index (κ1) is 19.0. The molecule has 0 unspecified atom stereocenters. The van der Waals surface area contributed by atoms with E-state index < -0.39 is 17.7 Å². The van der Waals surface area contributed by atoms with Crippen molar-refractivity contribution in [1.29, 1.82) is 0 Å². The van der Waals surface area contributed by atoms with Crippen LogP contribution in [0.15, 0.2) is 23.7 Å². The van der Waals surface area contributed by atoms with Gasteiger partial charge >= 0.3 is 6.09 Å². The molecule has 4 heterocycles. The van der Waals surface area contributed by atoms with Gasteiger partial charge in [-0.15, -0.1) is 23.7 Å².